The Morgan fingerprint density at radius 2 is 1.89 bits per heavy atom. The van der Waals surface area contributed by atoms with Gasteiger partial charge in [-0.2, -0.15) is 0 Å². The van der Waals surface area contributed by atoms with Crippen molar-refractivity contribution >= 4 is 15.6 Å². The molecule has 1 saturated carbocycles. The Hall–Kier alpha value is -1.20. The lowest BCUT2D eigenvalue weighted by molar-refractivity contribution is -0.124. The number of sulfone groups is 1. The largest absolute Gasteiger partial charge is 0.393 e. The number of Topliss-reactive ketones (excluding diaryl/α,β-unsaturated/α-hetero) is 1. The minimum atomic E-state index is -3.66. The second-order valence-corrected chi connectivity index (χ2v) is 7.08. The molecule has 1 fully saturated rings. The van der Waals surface area contributed by atoms with E-state index < -0.39 is 21.2 Å². The Morgan fingerprint density at radius 1 is 1.26 bits per heavy atom. The zero-order valence-electron chi connectivity index (χ0n) is 10.8. The number of carbonyl (C=O) groups excluding carboxylic acids is 1. The van der Waals surface area contributed by atoms with Crippen LogP contribution >= 0.6 is 0 Å². The van der Waals surface area contributed by atoms with E-state index in [-0.39, 0.29) is 23.0 Å². The molecule has 4 nitrogen and oxygen atoms in total. The van der Waals surface area contributed by atoms with E-state index in [9.17, 15) is 18.3 Å². The van der Waals surface area contributed by atoms with Crippen molar-refractivity contribution in [3.8, 4) is 0 Å². The Kier molecular flexibility index (Phi) is 4.06. The van der Waals surface area contributed by atoms with E-state index in [1.54, 1.807) is 18.2 Å². The summed E-state index contributed by atoms with van der Waals surface area (Å²) in [4.78, 5) is 12.2. The SMILES string of the molecule is CC[C@@H]1CC(O)CC(=O)[C@H]1S(=O)(=O)c1ccccc1. The van der Waals surface area contributed by atoms with Gasteiger partial charge in [0.05, 0.1) is 11.0 Å². The van der Waals surface area contributed by atoms with Gasteiger partial charge in [0.2, 0.25) is 0 Å². The van der Waals surface area contributed by atoms with E-state index in [2.05, 4.69) is 0 Å². The molecule has 0 aromatic heterocycles. The maximum atomic E-state index is 12.6. The smallest absolute Gasteiger partial charge is 0.188 e. The van der Waals surface area contributed by atoms with Crippen molar-refractivity contribution in [3.63, 3.8) is 0 Å². The summed E-state index contributed by atoms with van der Waals surface area (Å²) in [6.07, 6.45) is 0.172. The lowest BCUT2D eigenvalue weighted by Crippen LogP contribution is -2.44. The summed E-state index contributed by atoms with van der Waals surface area (Å²) in [6.45, 7) is 1.85. The van der Waals surface area contributed by atoms with Crippen molar-refractivity contribution in [2.45, 2.75) is 42.4 Å². The van der Waals surface area contributed by atoms with Crippen molar-refractivity contribution in [2.24, 2.45) is 5.92 Å². The van der Waals surface area contributed by atoms with Crippen molar-refractivity contribution in [1.29, 1.82) is 0 Å². The summed E-state index contributed by atoms with van der Waals surface area (Å²) in [6, 6.07) is 8.06. The average molecular weight is 282 g/mol. The summed E-state index contributed by atoms with van der Waals surface area (Å²) in [7, 11) is -3.66. The minimum Gasteiger partial charge on any atom is -0.393 e. The Bertz CT molecular complexity index is 550. The van der Waals surface area contributed by atoms with Crippen molar-refractivity contribution in [3.05, 3.63) is 30.3 Å². The van der Waals surface area contributed by atoms with Crippen LogP contribution in [0, 0.1) is 5.92 Å². The molecular weight excluding hydrogens is 264 g/mol. The van der Waals surface area contributed by atoms with Crippen LogP contribution in [0.5, 0.6) is 0 Å². The number of benzene rings is 1. The molecule has 1 aromatic carbocycles. The van der Waals surface area contributed by atoms with Gasteiger partial charge in [0, 0.05) is 6.42 Å². The third-order valence-corrected chi connectivity index (χ3v) is 5.93. The fourth-order valence-electron chi connectivity index (χ4n) is 2.73. The molecule has 0 radical (unpaired) electrons. The maximum absolute atomic E-state index is 12.6. The highest BCUT2D eigenvalue weighted by atomic mass is 32.2. The first-order valence-corrected chi connectivity index (χ1v) is 8.01. The predicted octanol–water partition coefficient (Wildman–Crippen LogP) is 1.58. The molecule has 5 heteroatoms. The molecule has 19 heavy (non-hydrogen) atoms. The summed E-state index contributed by atoms with van der Waals surface area (Å²) < 4.78 is 25.1. The van der Waals surface area contributed by atoms with Crippen LogP contribution in [0.3, 0.4) is 0 Å². The van der Waals surface area contributed by atoms with Crippen LogP contribution in [0.1, 0.15) is 26.2 Å². The first-order valence-electron chi connectivity index (χ1n) is 6.46. The van der Waals surface area contributed by atoms with Gasteiger partial charge in [-0.15, -0.1) is 0 Å². The van der Waals surface area contributed by atoms with Crippen LogP contribution < -0.4 is 0 Å². The summed E-state index contributed by atoms with van der Waals surface area (Å²) in [5.41, 5.74) is 0. The third-order valence-electron chi connectivity index (χ3n) is 3.69. The van der Waals surface area contributed by atoms with Gasteiger partial charge < -0.3 is 5.11 Å². The van der Waals surface area contributed by atoms with Crippen LogP contribution in [0.4, 0.5) is 0 Å². The molecule has 0 amide bonds. The van der Waals surface area contributed by atoms with Gasteiger partial charge >= 0.3 is 0 Å². The van der Waals surface area contributed by atoms with Crippen LogP contribution in [-0.4, -0.2) is 30.7 Å². The van der Waals surface area contributed by atoms with E-state index >= 15 is 0 Å². The highest BCUT2D eigenvalue weighted by Gasteiger charge is 2.43. The molecule has 1 aliphatic carbocycles. The minimum absolute atomic E-state index is 0.0623. The number of carbonyl (C=O) groups is 1. The third kappa shape index (κ3) is 2.72. The van der Waals surface area contributed by atoms with Crippen LogP contribution in [0.2, 0.25) is 0 Å². The number of rotatable bonds is 3. The first kappa shape index (κ1) is 14.2. The number of hydrogen-bond donors (Lipinski definition) is 1. The zero-order chi connectivity index (χ0) is 14.0. The number of ketones is 1. The molecule has 3 atom stereocenters. The topological polar surface area (TPSA) is 71.4 Å². The van der Waals surface area contributed by atoms with E-state index in [1.165, 1.54) is 12.1 Å². The van der Waals surface area contributed by atoms with E-state index in [1.807, 2.05) is 6.92 Å². The number of aliphatic hydroxyl groups excluding tert-OH is 1. The van der Waals surface area contributed by atoms with Gasteiger partial charge in [-0.3, -0.25) is 4.79 Å². The quantitative estimate of drug-likeness (QED) is 0.913. The highest BCUT2D eigenvalue weighted by Crippen LogP contribution is 2.33. The van der Waals surface area contributed by atoms with Crippen LogP contribution in [0.25, 0.3) is 0 Å². The van der Waals surface area contributed by atoms with Gasteiger partial charge in [-0.25, -0.2) is 8.42 Å². The number of hydrogen-bond acceptors (Lipinski definition) is 4. The molecule has 1 aromatic rings. The zero-order valence-corrected chi connectivity index (χ0v) is 11.6. The lowest BCUT2D eigenvalue weighted by atomic mass is 9.84. The normalized spacial score (nSPS) is 28.3. The van der Waals surface area contributed by atoms with E-state index in [4.69, 9.17) is 0 Å². The predicted molar refractivity (Wildman–Crippen MR) is 71.4 cm³/mol. The van der Waals surface area contributed by atoms with Crippen molar-refractivity contribution < 1.29 is 18.3 Å². The molecule has 0 spiro atoms. The van der Waals surface area contributed by atoms with Gasteiger partial charge in [0.25, 0.3) is 0 Å². The fraction of sp³-hybridized carbons (Fsp3) is 0.500. The molecule has 2 rings (SSSR count). The van der Waals surface area contributed by atoms with Gasteiger partial charge in [-0.05, 0) is 24.5 Å². The van der Waals surface area contributed by atoms with E-state index in [0.29, 0.717) is 12.8 Å². The maximum Gasteiger partial charge on any atom is 0.188 e. The summed E-state index contributed by atoms with van der Waals surface area (Å²) >= 11 is 0. The van der Waals surface area contributed by atoms with Crippen molar-refractivity contribution in [1.82, 2.24) is 0 Å². The average Bonchev–Trinajstić information content (AvgIpc) is 2.38. The molecule has 0 bridgehead atoms. The summed E-state index contributed by atoms with van der Waals surface area (Å²) in [5.74, 6) is -0.670. The molecule has 1 aliphatic rings. The van der Waals surface area contributed by atoms with Crippen molar-refractivity contribution in [2.75, 3.05) is 0 Å². The molecule has 1 N–H and O–H groups in total. The molecule has 104 valence electrons. The molecule has 0 heterocycles. The summed E-state index contributed by atoms with van der Waals surface area (Å²) in [5, 5.41) is 8.61. The first-order chi connectivity index (χ1) is 8.96. The van der Waals surface area contributed by atoms with Gasteiger partial charge in [0.15, 0.2) is 15.6 Å². The monoisotopic (exact) mass is 282 g/mol. The molecule has 0 aliphatic heterocycles. The molecule has 0 saturated heterocycles. The van der Waals surface area contributed by atoms with Crippen LogP contribution in [-0.2, 0) is 14.6 Å². The number of aliphatic hydroxyl groups is 1. The molecular formula is C14H18O4S. The lowest BCUT2D eigenvalue weighted by Gasteiger charge is -2.32. The second kappa shape index (κ2) is 5.43. The van der Waals surface area contributed by atoms with E-state index in [0.717, 1.165) is 0 Å². The fourth-order valence-corrected chi connectivity index (χ4v) is 4.81. The standard InChI is InChI=1S/C14H18O4S/c1-2-10-8-11(15)9-13(16)14(10)19(17,18)12-6-4-3-5-7-12/h3-7,10-11,14-15H,2,8-9H2,1H3/t10-,11?,14+/m1/s1. The Balaban J connectivity index is 2.41. The molecule has 1 unspecified atom stereocenters. The Morgan fingerprint density at radius 3 is 2.47 bits per heavy atom. The van der Waals surface area contributed by atoms with Gasteiger partial charge in [0.1, 0.15) is 5.25 Å². The van der Waals surface area contributed by atoms with Gasteiger partial charge in [-0.1, -0.05) is 31.5 Å². The second-order valence-electron chi connectivity index (χ2n) is 5.01. The highest BCUT2D eigenvalue weighted by molar-refractivity contribution is 7.92. The van der Waals surface area contributed by atoms with Crippen LogP contribution in [0.15, 0.2) is 35.2 Å². The Labute approximate surface area is 113 Å².